The molecule has 1 aliphatic rings. The molecule has 1 fully saturated rings. The summed E-state index contributed by atoms with van der Waals surface area (Å²) in [4.78, 5) is 14.5. The van der Waals surface area contributed by atoms with E-state index in [0.717, 1.165) is 30.7 Å². The highest BCUT2D eigenvalue weighted by atomic mass is 19.1. The zero-order valence-electron chi connectivity index (χ0n) is 12.5. The van der Waals surface area contributed by atoms with Crippen molar-refractivity contribution in [3.8, 4) is 5.75 Å². The maximum atomic E-state index is 13.0. The third-order valence-corrected chi connectivity index (χ3v) is 4.11. The number of benzene rings is 2. The van der Waals surface area contributed by atoms with E-state index in [1.807, 2.05) is 29.2 Å². The first-order valence-electron chi connectivity index (χ1n) is 7.39. The van der Waals surface area contributed by atoms with Gasteiger partial charge < -0.3 is 9.64 Å². The molecule has 1 heterocycles. The summed E-state index contributed by atoms with van der Waals surface area (Å²) in [6, 6.07) is 13.6. The number of likely N-dealkylation sites (tertiary alicyclic amines) is 1. The van der Waals surface area contributed by atoms with Crippen LogP contribution in [0.2, 0.25) is 0 Å². The van der Waals surface area contributed by atoms with Crippen molar-refractivity contribution < 1.29 is 13.9 Å². The molecule has 0 radical (unpaired) electrons. The van der Waals surface area contributed by atoms with Gasteiger partial charge in [0.1, 0.15) is 11.6 Å². The van der Waals surface area contributed by atoms with Crippen LogP contribution in [0.3, 0.4) is 0 Å². The van der Waals surface area contributed by atoms with Gasteiger partial charge in [-0.3, -0.25) is 4.79 Å². The van der Waals surface area contributed by atoms with E-state index in [2.05, 4.69) is 0 Å². The molecule has 22 heavy (non-hydrogen) atoms. The lowest BCUT2D eigenvalue weighted by Crippen LogP contribution is -2.30. The summed E-state index contributed by atoms with van der Waals surface area (Å²) >= 11 is 0. The smallest absolute Gasteiger partial charge is 0.254 e. The van der Waals surface area contributed by atoms with Crippen LogP contribution in [0.25, 0.3) is 0 Å². The van der Waals surface area contributed by atoms with Gasteiger partial charge in [0.05, 0.1) is 13.2 Å². The van der Waals surface area contributed by atoms with Gasteiger partial charge >= 0.3 is 0 Å². The zero-order chi connectivity index (χ0) is 15.5. The van der Waals surface area contributed by atoms with Crippen molar-refractivity contribution in [2.75, 3.05) is 13.7 Å². The Bertz CT molecular complexity index is 652. The van der Waals surface area contributed by atoms with E-state index >= 15 is 0 Å². The molecule has 3 nitrogen and oxygen atoms in total. The van der Waals surface area contributed by atoms with Crippen molar-refractivity contribution >= 4 is 5.91 Å². The molecule has 1 atom stereocenters. The maximum absolute atomic E-state index is 13.0. The Morgan fingerprint density at radius 1 is 1.14 bits per heavy atom. The monoisotopic (exact) mass is 299 g/mol. The molecule has 3 rings (SSSR count). The quantitative estimate of drug-likeness (QED) is 0.862. The second kappa shape index (κ2) is 6.18. The summed E-state index contributed by atoms with van der Waals surface area (Å²) in [7, 11) is 1.63. The topological polar surface area (TPSA) is 29.5 Å². The molecule has 0 spiro atoms. The number of rotatable bonds is 3. The largest absolute Gasteiger partial charge is 0.497 e. The molecule has 2 aromatic rings. The van der Waals surface area contributed by atoms with Gasteiger partial charge in [-0.05, 0) is 54.8 Å². The molecule has 0 saturated carbocycles. The summed E-state index contributed by atoms with van der Waals surface area (Å²) in [6.45, 7) is 0.729. The summed E-state index contributed by atoms with van der Waals surface area (Å²) in [6.07, 6.45) is 1.92. The molecule has 0 bridgehead atoms. The highest BCUT2D eigenvalue weighted by molar-refractivity contribution is 5.94. The van der Waals surface area contributed by atoms with Crippen molar-refractivity contribution in [2.24, 2.45) is 0 Å². The Kier molecular flexibility index (Phi) is 4.09. The standard InChI is InChI=1S/C18H18FNO2/c1-22-16-10-6-13(7-11-16)17-3-2-12-20(17)18(21)14-4-8-15(19)9-5-14/h4-11,17H,2-3,12H2,1H3/t17-/m1/s1. The van der Waals surface area contributed by atoms with Gasteiger partial charge in [-0.1, -0.05) is 12.1 Å². The maximum Gasteiger partial charge on any atom is 0.254 e. The van der Waals surface area contributed by atoms with Crippen molar-refractivity contribution in [1.82, 2.24) is 4.90 Å². The van der Waals surface area contributed by atoms with E-state index in [4.69, 9.17) is 4.74 Å². The number of amides is 1. The van der Waals surface area contributed by atoms with Gasteiger partial charge in [0.2, 0.25) is 0 Å². The van der Waals surface area contributed by atoms with Crippen LogP contribution in [0.4, 0.5) is 4.39 Å². The van der Waals surface area contributed by atoms with Gasteiger partial charge in [0, 0.05) is 12.1 Å². The summed E-state index contributed by atoms with van der Waals surface area (Å²) in [5.41, 5.74) is 1.63. The predicted molar refractivity (Wildman–Crippen MR) is 82.4 cm³/mol. The van der Waals surface area contributed by atoms with Crippen LogP contribution in [0, 0.1) is 5.82 Å². The number of hydrogen-bond acceptors (Lipinski definition) is 2. The number of carbonyl (C=O) groups is 1. The molecule has 1 saturated heterocycles. The fraction of sp³-hybridized carbons (Fsp3) is 0.278. The molecular weight excluding hydrogens is 281 g/mol. The average Bonchev–Trinajstić information content (AvgIpc) is 3.04. The van der Waals surface area contributed by atoms with E-state index in [-0.39, 0.29) is 17.8 Å². The van der Waals surface area contributed by atoms with E-state index in [0.29, 0.717) is 5.56 Å². The molecular formula is C18H18FNO2. The summed E-state index contributed by atoms with van der Waals surface area (Å²) in [5.74, 6) is 0.432. The van der Waals surface area contributed by atoms with Crippen LogP contribution in [0.15, 0.2) is 48.5 Å². The molecule has 4 heteroatoms. The Balaban J connectivity index is 1.82. The van der Waals surface area contributed by atoms with Crippen LogP contribution in [-0.2, 0) is 0 Å². The van der Waals surface area contributed by atoms with E-state index in [1.165, 1.54) is 12.1 Å². The van der Waals surface area contributed by atoms with Gasteiger partial charge in [-0.2, -0.15) is 0 Å². The fourth-order valence-electron chi connectivity index (χ4n) is 2.94. The number of carbonyl (C=O) groups excluding carboxylic acids is 1. The highest BCUT2D eigenvalue weighted by Gasteiger charge is 2.30. The lowest BCUT2D eigenvalue weighted by Gasteiger charge is -2.25. The van der Waals surface area contributed by atoms with Crippen LogP contribution in [-0.4, -0.2) is 24.5 Å². The molecule has 2 aromatic carbocycles. The first-order chi connectivity index (χ1) is 10.7. The Morgan fingerprint density at radius 2 is 1.82 bits per heavy atom. The molecule has 0 unspecified atom stereocenters. The minimum absolute atomic E-state index is 0.0432. The Morgan fingerprint density at radius 3 is 2.45 bits per heavy atom. The minimum Gasteiger partial charge on any atom is -0.497 e. The Hall–Kier alpha value is -2.36. The van der Waals surface area contributed by atoms with Gasteiger partial charge in [-0.15, -0.1) is 0 Å². The van der Waals surface area contributed by atoms with E-state index in [9.17, 15) is 9.18 Å². The number of ether oxygens (including phenoxy) is 1. The SMILES string of the molecule is COc1ccc([C@H]2CCCN2C(=O)c2ccc(F)cc2)cc1. The third kappa shape index (κ3) is 2.82. The normalized spacial score (nSPS) is 17.5. The third-order valence-electron chi connectivity index (χ3n) is 4.11. The molecule has 0 aromatic heterocycles. The predicted octanol–water partition coefficient (Wildman–Crippen LogP) is 3.81. The summed E-state index contributed by atoms with van der Waals surface area (Å²) in [5, 5.41) is 0. The van der Waals surface area contributed by atoms with Crippen molar-refractivity contribution in [2.45, 2.75) is 18.9 Å². The number of methoxy groups -OCH3 is 1. The van der Waals surface area contributed by atoms with Gasteiger partial charge in [0.25, 0.3) is 5.91 Å². The van der Waals surface area contributed by atoms with Crippen molar-refractivity contribution in [3.63, 3.8) is 0 Å². The summed E-state index contributed by atoms with van der Waals surface area (Å²) < 4.78 is 18.2. The second-order valence-electron chi connectivity index (χ2n) is 5.44. The van der Waals surface area contributed by atoms with Crippen LogP contribution >= 0.6 is 0 Å². The lowest BCUT2D eigenvalue weighted by molar-refractivity contribution is 0.0735. The van der Waals surface area contributed by atoms with Crippen molar-refractivity contribution in [1.29, 1.82) is 0 Å². The second-order valence-corrected chi connectivity index (χ2v) is 5.44. The molecule has 1 amide bonds. The molecule has 1 aliphatic heterocycles. The van der Waals surface area contributed by atoms with Gasteiger partial charge in [0.15, 0.2) is 0 Å². The van der Waals surface area contributed by atoms with Crippen LogP contribution < -0.4 is 4.74 Å². The molecule has 0 N–H and O–H groups in total. The van der Waals surface area contributed by atoms with E-state index < -0.39 is 0 Å². The van der Waals surface area contributed by atoms with Crippen LogP contribution in [0.5, 0.6) is 5.75 Å². The number of nitrogens with zero attached hydrogens (tertiary/aromatic N) is 1. The molecule has 0 aliphatic carbocycles. The van der Waals surface area contributed by atoms with Gasteiger partial charge in [-0.25, -0.2) is 4.39 Å². The Labute approximate surface area is 129 Å². The molecule has 114 valence electrons. The number of halogens is 1. The highest BCUT2D eigenvalue weighted by Crippen LogP contribution is 2.33. The minimum atomic E-state index is -0.329. The first kappa shape index (κ1) is 14.6. The zero-order valence-corrected chi connectivity index (χ0v) is 12.5. The van der Waals surface area contributed by atoms with Crippen LogP contribution in [0.1, 0.15) is 34.8 Å². The van der Waals surface area contributed by atoms with E-state index in [1.54, 1.807) is 19.2 Å². The number of hydrogen-bond donors (Lipinski definition) is 0. The fourth-order valence-corrected chi connectivity index (χ4v) is 2.94. The lowest BCUT2D eigenvalue weighted by atomic mass is 10.0. The first-order valence-corrected chi connectivity index (χ1v) is 7.39. The average molecular weight is 299 g/mol. The van der Waals surface area contributed by atoms with Crippen molar-refractivity contribution in [3.05, 3.63) is 65.5 Å².